The Hall–Kier alpha value is -1.66. The van der Waals surface area contributed by atoms with Crippen molar-refractivity contribution in [1.29, 1.82) is 0 Å². The number of carbonyl (C=O) groups is 2. The van der Waals surface area contributed by atoms with Gasteiger partial charge in [0.25, 0.3) is 11.8 Å². The highest BCUT2D eigenvalue weighted by Gasteiger charge is 2.10. The van der Waals surface area contributed by atoms with Crippen LogP contribution in [0.1, 0.15) is 25.6 Å². The van der Waals surface area contributed by atoms with Crippen molar-refractivity contribution in [3.63, 3.8) is 0 Å². The van der Waals surface area contributed by atoms with E-state index in [4.69, 9.17) is 0 Å². The molecule has 0 saturated carbocycles. The zero-order valence-electron chi connectivity index (χ0n) is 10.1. The molecule has 1 heterocycles. The number of amides is 2. The fourth-order valence-corrected chi connectivity index (χ4v) is 2.39. The van der Waals surface area contributed by atoms with Gasteiger partial charge in [0.1, 0.15) is 0 Å². The molecule has 0 aliphatic rings. The van der Waals surface area contributed by atoms with Crippen LogP contribution in [0.15, 0.2) is 40.2 Å². The highest BCUT2D eigenvalue weighted by molar-refractivity contribution is 9.10. The van der Waals surface area contributed by atoms with E-state index in [1.807, 2.05) is 13.0 Å². The average Bonchev–Trinajstić information content (AvgIpc) is 2.92. The minimum absolute atomic E-state index is 0.325. The summed E-state index contributed by atoms with van der Waals surface area (Å²) in [6, 6.07) is 8.71. The van der Waals surface area contributed by atoms with Crippen LogP contribution in [0.5, 0.6) is 0 Å². The topological polar surface area (TPSA) is 58.2 Å². The summed E-state index contributed by atoms with van der Waals surface area (Å²) in [5.74, 6) is -0.680. The summed E-state index contributed by atoms with van der Waals surface area (Å²) in [7, 11) is 0. The molecule has 0 atom stereocenters. The van der Waals surface area contributed by atoms with Gasteiger partial charge in [-0.2, -0.15) is 0 Å². The molecule has 98 valence electrons. The average molecular weight is 339 g/mol. The van der Waals surface area contributed by atoms with Crippen molar-refractivity contribution in [2.45, 2.75) is 6.92 Å². The molecule has 0 spiro atoms. The van der Waals surface area contributed by atoms with E-state index in [0.717, 1.165) is 10.0 Å². The highest BCUT2D eigenvalue weighted by Crippen LogP contribution is 2.17. The summed E-state index contributed by atoms with van der Waals surface area (Å²) >= 11 is 4.67. The molecule has 2 N–H and O–H groups in total. The monoisotopic (exact) mass is 338 g/mol. The summed E-state index contributed by atoms with van der Waals surface area (Å²) in [6.45, 7) is 1.93. The smallest absolute Gasteiger partial charge is 0.267 e. The van der Waals surface area contributed by atoms with Gasteiger partial charge in [0.05, 0.1) is 4.88 Å². The molecule has 0 saturated heterocycles. The standard InChI is InChI=1S/C13H11BrN2O2S/c1-8-4-5-9(7-10(8)14)12(17)15-16-13(18)11-3-2-6-19-11/h2-7H,1H3,(H,15,17)(H,16,18). The van der Waals surface area contributed by atoms with Gasteiger partial charge in [0.2, 0.25) is 0 Å². The van der Waals surface area contributed by atoms with Gasteiger partial charge in [-0.3, -0.25) is 20.4 Å². The van der Waals surface area contributed by atoms with Gasteiger partial charge in [-0.25, -0.2) is 0 Å². The van der Waals surface area contributed by atoms with E-state index < -0.39 is 0 Å². The third-order valence-corrected chi connectivity index (χ3v) is 4.19. The number of aryl methyl sites for hydroxylation is 1. The van der Waals surface area contributed by atoms with Crippen molar-refractivity contribution in [2.75, 3.05) is 0 Å². The zero-order valence-corrected chi connectivity index (χ0v) is 12.5. The first kappa shape index (κ1) is 13.8. The van der Waals surface area contributed by atoms with Crippen LogP contribution in [-0.2, 0) is 0 Å². The van der Waals surface area contributed by atoms with Crippen LogP contribution in [0.3, 0.4) is 0 Å². The zero-order chi connectivity index (χ0) is 13.8. The Morgan fingerprint density at radius 1 is 1.16 bits per heavy atom. The number of halogens is 1. The molecule has 0 fully saturated rings. The molecular formula is C13H11BrN2O2S. The SMILES string of the molecule is Cc1ccc(C(=O)NNC(=O)c2cccs2)cc1Br. The second-order valence-electron chi connectivity index (χ2n) is 3.85. The molecule has 0 aliphatic heterocycles. The van der Waals surface area contributed by atoms with Crippen molar-refractivity contribution in [1.82, 2.24) is 10.9 Å². The Morgan fingerprint density at radius 3 is 2.53 bits per heavy atom. The van der Waals surface area contributed by atoms with E-state index in [-0.39, 0.29) is 11.8 Å². The van der Waals surface area contributed by atoms with Gasteiger partial charge in [-0.05, 0) is 36.1 Å². The van der Waals surface area contributed by atoms with Gasteiger partial charge in [0, 0.05) is 10.0 Å². The third kappa shape index (κ3) is 3.42. The fraction of sp³-hybridized carbons (Fsp3) is 0.0769. The predicted molar refractivity (Wildman–Crippen MR) is 78.1 cm³/mol. The fourth-order valence-electron chi connectivity index (χ4n) is 1.39. The minimum Gasteiger partial charge on any atom is -0.267 e. The number of nitrogens with one attached hydrogen (secondary N) is 2. The van der Waals surface area contributed by atoms with E-state index in [2.05, 4.69) is 26.8 Å². The van der Waals surface area contributed by atoms with Crippen molar-refractivity contribution in [3.05, 3.63) is 56.2 Å². The summed E-state index contributed by atoms with van der Waals surface area (Å²) in [6.07, 6.45) is 0. The molecule has 4 nitrogen and oxygen atoms in total. The molecular weight excluding hydrogens is 328 g/mol. The van der Waals surface area contributed by atoms with Crippen molar-refractivity contribution in [3.8, 4) is 0 Å². The number of carbonyl (C=O) groups excluding carboxylic acids is 2. The van der Waals surface area contributed by atoms with E-state index >= 15 is 0 Å². The molecule has 0 aliphatic carbocycles. The highest BCUT2D eigenvalue weighted by atomic mass is 79.9. The van der Waals surface area contributed by atoms with Crippen molar-refractivity contribution >= 4 is 39.1 Å². The van der Waals surface area contributed by atoms with E-state index in [0.29, 0.717) is 10.4 Å². The molecule has 1 aromatic heterocycles. The molecule has 6 heteroatoms. The lowest BCUT2D eigenvalue weighted by Crippen LogP contribution is -2.41. The quantitative estimate of drug-likeness (QED) is 0.827. The first-order valence-electron chi connectivity index (χ1n) is 5.48. The van der Waals surface area contributed by atoms with Crippen molar-refractivity contribution < 1.29 is 9.59 Å². The summed E-state index contributed by atoms with van der Waals surface area (Å²) in [5.41, 5.74) is 6.27. The van der Waals surface area contributed by atoms with Gasteiger partial charge in [0.15, 0.2) is 0 Å². The third-order valence-electron chi connectivity index (χ3n) is 2.47. The number of hydrogen-bond acceptors (Lipinski definition) is 3. The number of rotatable bonds is 2. The first-order chi connectivity index (χ1) is 9.08. The van der Waals surface area contributed by atoms with Crippen molar-refractivity contribution in [2.24, 2.45) is 0 Å². The van der Waals surface area contributed by atoms with E-state index in [1.165, 1.54) is 11.3 Å². The normalized spacial score (nSPS) is 10.0. The number of hydrogen-bond donors (Lipinski definition) is 2. The molecule has 2 amide bonds. The lowest BCUT2D eigenvalue weighted by atomic mass is 10.1. The molecule has 2 rings (SSSR count). The second-order valence-corrected chi connectivity index (χ2v) is 5.65. The lowest BCUT2D eigenvalue weighted by Gasteiger charge is -2.07. The number of thiophene rings is 1. The Morgan fingerprint density at radius 2 is 1.89 bits per heavy atom. The van der Waals surface area contributed by atoms with Crippen LogP contribution < -0.4 is 10.9 Å². The van der Waals surface area contributed by atoms with Gasteiger partial charge < -0.3 is 0 Å². The van der Waals surface area contributed by atoms with Crippen LogP contribution in [-0.4, -0.2) is 11.8 Å². The molecule has 0 unspecified atom stereocenters. The Bertz CT molecular complexity index is 611. The molecule has 2 aromatic rings. The largest absolute Gasteiger partial charge is 0.279 e. The van der Waals surface area contributed by atoms with Crippen LogP contribution in [0, 0.1) is 6.92 Å². The second kappa shape index (κ2) is 5.99. The van der Waals surface area contributed by atoms with Crippen LogP contribution in [0.4, 0.5) is 0 Å². The van der Waals surface area contributed by atoms with E-state index in [1.54, 1.807) is 29.6 Å². The molecule has 1 aromatic carbocycles. The lowest BCUT2D eigenvalue weighted by molar-refractivity contribution is 0.0849. The van der Waals surface area contributed by atoms with Gasteiger partial charge in [-0.15, -0.1) is 11.3 Å². The number of benzene rings is 1. The summed E-state index contributed by atoms with van der Waals surface area (Å²) < 4.78 is 0.852. The molecule has 0 bridgehead atoms. The molecule has 0 radical (unpaired) electrons. The van der Waals surface area contributed by atoms with Crippen LogP contribution in [0.2, 0.25) is 0 Å². The Balaban J connectivity index is 1.98. The van der Waals surface area contributed by atoms with Gasteiger partial charge in [-0.1, -0.05) is 28.1 Å². The van der Waals surface area contributed by atoms with E-state index in [9.17, 15) is 9.59 Å². The predicted octanol–water partition coefficient (Wildman–Crippen LogP) is 2.89. The Kier molecular flexibility index (Phi) is 4.34. The van der Waals surface area contributed by atoms with Crippen LogP contribution >= 0.6 is 27.3 Å². The maximum absolute atomic E-state index is 11.8. The first-order valence-corrected chi connectivity index (χ1v) is 7.15. The maximum atomic E-state index is 11.8. The summed E-state index contributed by atoms with van der Waals surface area (Å²) in [4.78, 5) is 24.0. The molecule has 19 heavy (non-hydrogen) atoms. The number of hydrazine groups is 1. The minimum atomic E-state index is -0.356. The summed E-state index contributed by atoms with van der Waals surface area (Å²) in [5, 5.41) is 1.80. The van der Waals surface area contributed by atoms with Gasteiger partial charge >= 0.3 is 0 Å². The van der Waals surface area contributed by atoms with Crippen LogP contribution in [0.25, 0.3) is 0 Å². The Labute approximate surface area is 122 Å². The maximum Gasteiger partial charge on any atom is 0.279 e.